The maximum Gasteiger partial charge on any atom is 0.311 e. The summed E-state index contributed by atoms with van der Waals surface area (Å²) in [5.74, 6) is -3.13. The molecule has 1 N–H and O–H groups in total. The summed E-state index contributed by atoms with van der Waals surface area (Å²) >= 11 is 5.88. The fourth-order valence-corrected chi connectivity index (χ4v) is 1.82. The minimum absolute atomic E-state index is 0.0118. The Labute approximate surface area is 114 Å². The molecular weight excluding hydrogens is 276 g/mol. The second kappa shape index (κ2) is 4.95. The third kappa shape index (κ3) is 2.80. The Morgan fingerprint density at radius 2 is 2.21 bits per heavy atom. The Balaban J connectivity index is 2.28. The van der Waals surface area contributed by atoms with E-state index >= 15 is 0 Å². The topological polar surface area (TPSA) is 53.2 Å². The van der Waals surface area contributed by atoms with Crippen LogP contribution in [0.15, 0.2) is 18.2 Å². The van der Waals surface area contributed by atoms with E-state index in [0.717, 1.165) is 24.6 Å². The quantitative estimate of drug-likeness (QED) is 0.866. The molecule has 19 heavy (non-hydrogen) atoms. The second-order valence-corrected chi connectivity index (χ2v) is 5.08. The van der Waals surface area contributed by atoms with Crippen LogP contribution < -0.4 is 4.74 Å². The maximum absolute atomic E-state index is 13.7. The molecule has 0 heterocycles. The van der Waals surface area contributed by atoms with Gasteiger partial charge < -0.3 is 9.84 Å². The summed E-state index contributed by atoms with van der Waals surface area (Å²) in [5.41, 5.74) is -0.491. The molecule has 0 amide bonds. The van der Waals surface area contributed by atoms with E-state index in [1.54, 1.807) is 0 Å². The molecule has 1 fully saturated rings. The van der Waals surface area contributed by atoms with Crippen molar-refractivity contribution in [3.63, 3.8) is 0 Å². The molecule has 0 saturated heterocycles. The predicted octanol–water partition coefficient (Wildman–Crippen LogP) is 3.10. The summed E-state index contributed by atoms with van der Waals surface area (Å²) in [6, 6.07) is 4.56. The van der Waals surface area contributed by atoms with E-state index in [9.17, 15) is 8.78 Å². The molecule has 2 rings (SSSR count). The number of rotatable bonds is 4. The second-order valence-electron chi connectivity index (χ2n) is 4.67. The van der Waals surface area contributed by atoms with Crippen LogP contribution in [0.5, 0.6) is 5.75 Å². The summed E-state index contributed by atoms with van der Waals surface area (Å²) in [6.07, 6.45) is -1.55. The van der Waals surface area contributed by atoms with E-state index in [4.69, 9.17) is 26.7 Å². The number of aliphatic hydroxyl groups is 1. The van der Waals surface area contributed by atoms with Gasteiger partial charge in [-0.15, -0.1) is 0 Å². The molecule has 3 unspecified atom stereocenters. The van der Waals surface area contributed by atoms with Gasteiger partial charge in [-0.25, -0.2) is 0 Å². The van der Waals surface area contributed by atoms with E-state index in [2.05, 4.69) is 0 Å². The van der Waals surface area contributed by atoms with E-state index in [0.29, 0.717) is 5.92 Å². The molecule has 3 nitrogen and oxygen atoms in total. The predicted molar refractivity (Wildman–Crippen MR) is 65.2 cm³/mol. The molecule has 102 valence electrons. The van der Waals surface area contributed by atoms with Crippen LogP contribution >= 0.6 is 11.6 Å². The lowest BCUT2D eigenvalue weighted by Crippen LogP contribution is -2.29. The van der Waals surface area contributed by atoms with Crippen molar-refractivity contribution >= 4 is 11.6 Å². The van der Waals surface area contributed by atoms with Crippen molar-refractivity contribution in [2.45, 2.75) is 31.5 Å². The van der Waals surface area contributed by atoms with Gasteiger partial charge in [0.1, 0.15) is 17.9 Å². The SMILES string of the molecule is CC1CC1Oc1cc(C(F)(F)C(O)C#N)ccc1Cl. The Morgan fingerprint density at radius 1 is 1.58 bits per heavy atom. The van der Waals surface area contributed by atoms with Crippen LogP contribution in [0.1, 0.15) is 18.9 Å². The molecule has 1 aromatic rings. The number of nitrogens with zero attached hydrogens (tertiary/aromatic N) is 1. The smallest absolute Gasteiger partial charge is 0.311 e. The normalized spacial score (nSPS) is 23.6. The lowest BCUT2D eigenvalue weighted by molar-refractivity contribution is -0.0894. The fraction of sp³-hybridized carbons (Fsp3) is 0.462. The van der Waals surface area contributed by atoms with Gasteiger partial charge in [-0.05, 0) is 24.5 Å². The van der Waals surface area contributed by atoms with E-state index in [1.165, 1.54) is 6.07 Å². The molecule has 0 aromatic heterocycles. The van der Waals surface area contributed by atoms with Gasteiger partial charge in [0, 0.05) is 5.56 Å². The number of benzene rings is 1. The lowest BCUT2D eigenvalue weighted by Gasteiger charge is -2.19. The Bertz CT molecular complexity index is 530. The number of alkyl halides is 2. The largest absolute Gasteiger partial charge is 0.489 e. The third-order valence-electron chi connectivity index (χ3n) is 3.10. The van der Waals surface area contributed by atoms with Crippen LogP contribution in [0, 0.1) is 17.2 Å². The molecule has 1 aromatic carbocycles. The van der Waals surface area contributed by atoms with E-state index in [1.807, 2.05) is 6.92 Å². The van der Waals surface area contributed by atoms with Gasteiger partial charge in [0.2, 0.25) is 6.10 Å². The van der Waals surface area contributed by atoms with E-state index < -0.39 is 17.6 Å². The Hall–Kier alpha value is -1.38. The van der Waals surface area contributed by atoms with Gasteiger partial charge in [-0.2, -0.15) is 14.0 Å². The minimum Gasteiger partial charge on any atom is -0.489 e. The van der Waals surface area contributed by atoms with Crippen molar-refractivity contribution in [1.29, 1.82) is 5.26 Å². The highest BCUT2D eigenvalue weighted by Crippen LogP contribution is 2.40. The number of nitriles is 1. The number of hydrogen-bond donors (Lipinski definition) is 1. The van der Waals surface area contributed by atoms with Crippen LogP contribution in [0.25, 0.3) is 0 Å². The van der Waals surface area contributed by atoms with Crippen LogP contribution in [-0.2, 0) is 5.92 Å². The molecule has 1 aliphatic rings. The monoisotopic (exact) mass is 287 g/mol. The molecule has 3 atom stereocenters. The molecule has 6 heteroatoms. The molecule has 0 radical (unpaired) electrons. The standard InChI is InChI=1S/C13H12ClF2NO2/c1-7-4-10(7)19-11-5-8(2-3-9(11)14)13(15,16)12(18)6-17/h2-3,5,7,10,12,18H,4H2,1H3. The van der Waals surface area contributed by atoms with Gasteiger partial charge in [0.15, 0.2) is 0 Å². The highest BCUT2D eigenvalue weighted by Gasteiger charge is 2.42. The number of ether oxygens (including phenoxy) is 1. The minimum atomic E-state index is -3.66. The first-order valence-corrected chi connectivity index (χ1v) is 6.16. The zero-order valence-electron chi connectivity index (χ0n) is 10.1. The molecular formula is C13H12ClF2NO2. The van der Waals surface area contributed by atoms with Crippen molar-refractivity contribution < 1.29 is 18.6 Å². The summed E-state index contributed by atoms with van der Waals surface area (Å²) in [7, 11) is 0. The number of hydrogen-bond acceptors (Lipinski definition) is 3. The summed E-state index contributed by atoms with van der Waals surface area (Å²) < 4.78 is 32.9. The van der Waals surface area contributed by atoms with Crippen molar-refractivity contribution in [2.75, 3.05) is 0 Å². The highest BCUT2D eigenvalue weighted by molar-refractivity contribution is 6.32. The van der Waals surface area contributed by atoms with Crippen LogP contribution in [-0.4, -0.2) is 17.3 Å². The van der Waals surface area contributed by atoms with E-state index in [-0.39, 0.29) is 16.9 Å². The average Bonchev–Trinajstić information content (AvgIpc) is 3.06. The van der Waals surface area contributed by atoms with Crippen molar-refractivity contribution in [2.24, 2.45) is 5.92 Å². The van der Waals surface area contributed by atoms with Gasteiger partial charge in [0.05, 0.1) is 5.02 Å². The first-order chi connectivity index (χ1) is 8.86. The zero-order valence-corrected chi connectivity index (χ0v) is 10.9. The van der Waals surface area contributed by atoms with Crippen molar-refractivity contribution in [3.8, 4) is 11.8 Å². The summed E-state index contributed by atoms with van der Waals surface area (Å²) in [5, 5.41) is 17.7. The average molecular weight is 288 g/mol. The van der Waals surface area contributed by atoms with Gasteiger partial charge in [0.25, 0.3) is 0 Å². The first kappa shape index (κ1) is 14.0. The van der Waals surface area contributed by atoms with Crippen LogP contribution in [0.4, 0.5) is 8.78 Å². The number of halogens is 3. The van der Waals surface area contributed by atoms with Crippen LogP contribution in [0.2, 0.25) is 5.02 Å². The fourth-order valence-electron chi connectivity index (χ4n) is 1.66. The molecule has 1 aliphatic carbocycles. The highest BCUT2D eigenvalue weighted by atomic mass is 35.5. The Morgan fingerprint density at radius 3 is 2.74 bits per heavy atom. The van der Waals surface area contributed by atoms with Gasteiger partial charge >= 0.3 is 5.92 Å². The number of aliphatic hydroxyl groups excluding tert-OH is 1. The molecule has 1 saturated carbocycles. The van der Waals surface area contributed by atoms with Gasteiger partial charge in [-0.1, -0.05) is 24.6 Å². The molecule has 0 aliphatic heterocycles. The van der Waals surface area contributed by atoms with Gasteiger partial charge in [-0.3, -0.25) is 0 Å². The summed E-state index contributed by atoms with van der Waals surface area (Å²) in [4.78, 5) is 0. The first-order valence-electron chi connectivity index (χ1n) is 5.78. The summed E-state index contributed by atoms with van der Waals surface area (Å²) in [6.45, 7) is 1.98. The lowest BCUT2D eigenvalue weighted by atomic mass is 10.0. The van der Waals surface area contributed by atoms with Crippen molar-refractivity contribution in [3.05, 3.63) is 28.8 Å². The molecule has 0 spiro atoms. The van der Waals surface area contributed by atoms with Crippen LogP contribution in [0.3, 0.4) is 0 Å². The molecule has 0 bridgehead atoms. The maximum atomic E-state index is 13.7. The van der Waals surface area contributed by atoms with Crippen molar-refractivity contribution in [1.82, 2.24) is 0 Å². The Kier molecular flexibility index (Phi) is 3.66. The third-order valence-corrected chi connectivity index (χ3v) is 3.41. The zero-order chi connectivity index (χ0) is 14.2.